The highest BCUT2D eigenvalue weighted by Gasteiger charge is 2.10. The van der Waals surface area contributed by atoms with E-state index in [9.17, 15) is 0 Å². The predicted octanol–water partition coefficient (Wildman–Crippen LogP) is 1.46. The molecule has 0 atom stereocenters. The van der Waals surface area contributed by atoms with Crippen molar-refractivity contribution in [1.82, 2.24) is 15.2 Å². The molecule has 1 aromatic heterocycles. The van der Waals surface area contributed by atoms with Crippen LogP contribution in [-0.2, 0) is 6.54 Å². The number of aromatic nitrogens is 1. The van der Waals surface area contributed by atoms with Gasteiger partial charge in [-0.3, -0.25) is 4.90 Å². The number of hydrogen-bond donors (Lipinski definition) is 2. The average Bonchev–Trinajstić information content (AvgIpc) is 2.24. The van der Waals surface area contributed by atoms with Crippen LogP contribution in [0.15, 0.2) is 12.1 Å². The zero-order valence-corrected chi connectivity index (χ0v) is 9.86. The first-order chi connectivity index (χ1) is 7.25. The molecule has 1 fully saturated rings. The van der Waals surface area contributed by atoms with Crippen molar-refractivity contribution in [2.75, 3.05) is 26.2 Å². The summed E-state index contributed by atoms with van der Waals surface area (Å²) in [6.07, 6.45) is 0. The molecular formula is C11H17N3S. The smallest absolute Gasteiger partial charge is 0.107 e. The Morgan fingerprint density at radius 2 is 2.07 bits per heavy atom. The van der Waals surface area contributed by atoms with E-state index in [-0.39, 0.29) is 0 Å². The summed E-state index contributed by atoms with van der Waals surface area (Å²) in [5.41, 5.74) is 2.36. The van der Waals surface area contributed by atoms with Crippen LogP contribution in [0, 0.1) is 11.6 Å². The van der Waals surface area contributed by atoms with Crippen LogP contribution in [0.2, 0.25) is 0 Å². The molecule has 82 valence electrons. The van der Waals surface area contributed by atoms with Crippen LogP contribution in [0.5, 0.6) is 0 Å². The van der Waals surface area contributed by atoms with Crippen molar-refractivity contribution in [3.8, 4) is 0 Å². The van der Waals surface area contributed by atoms with Crippen LogP contribution >= 0.6 is 12.2 Å². The van der Waals surface area contributed by atoms with E-state index < -0.39 is 0 Å². The van der Waals surface area contributed by atoms with Gasteiger partial charge in [0.05, 0.1) is 0 Å². The number of hydrogen-bond acceptors (Lipinski definition) is 3. The summed E-state index contributed by atoms with van der Waals surface area (Å²) in [5, 5.41) is 3.35. The van der Waals surface area contributed by atoms with E-state index in [0.717, 1.165) is 43.1 Å². The van der Waals surface area contributed by atoms with Crippen LogP contribution in [-0.4, -0.2) is 36.1 Å². The van der Waals surface area contributed by atoms with E-state index >= 15 is 0 Å². The van der Waals surface area contributed by atoms with E-state index in [1.807, 2.05) is 6.92 Å². The maximum absolute atomic E-state index is 5.31. The molecule has 2 heterocycles. The minimum absolute atomic E-state index is 0.883. The molecular weight excluding hydrogens is 206 g/mol. The second-order valence-electron chi connectivity index (χ2n) is 4.02. The average molecular weight is 223 g/mol. The summed E-state index contributed by atoms with van der Waals surface area (Å²) in [7, 11) is 0. The molecule has 0 radical (unpaired) electrons. The molecule has 0 saturated carbocycles. The molecule has 2 N–H and O–H groups in total. The van der Waals surface area contributed by atoms with Gasteiger partial charge in [0.1, 0.15) is 4.64 Å². The lowest BCUT2D eigenvalue weighted by Crippen LogP contribution is -2.42. The number of aromatic amines is 1. The monoisotopic (exact) mass is 223 g/mol. The van der Waals surface area contributed by atoms with Gasteiger partial charge in [0.25, 0.3) is 0 Å². The minimum atomic E-state index is 0.883. The normalized spacial score (nSPS) is 17.9. The fraction of sp³-hybridized carbons (Fsp3) is 0.545. The van der Waals surface area contributed by atoms with Crippen LogP contribution in [0.1, 0.15) is 11.3 Å². The van der Waals surface area contributed by atoms with Crippen molar-refractivity contribution in [2.45, 2.75) is 13.5 Å². The zero-order valence-electron chi connectivity index (χ0n) is 9.05. The van der Waals surface area contributed by atoms with Gasteiger partial charge in [-0.1, -0.05) is 18.3 Å². The van der Waals surface area contributed by atoms with Gasteiger partial charge in [-0.25, -0.2) is 0 Å². The van der Waals surface area contributed by atoms with Gasteiger partial charge in [0.2, 0.25) is 0 Å². The standard InChI is InChI=1S/C11H17N3S/c1-9-2-3-10(11(15)13-9)8-14-6-4-12-5-7-14/h2-3,12H,4-8H2,1H3,(H,13,15). The van der Waals surface area contributed by atoms with Gasteiger partial charge in [-0.15, -0.1) is 0 Å². The first-order valence-electron chi connectivity index (χ1n) is 5.37. The van der Waals surface area contributed by atoms with Crippen molar-refractivity contribution < 1.29 is 0 Å². The van der Waals surface area contributed by atoms with Crippen molar-refractivity contribution in [2.24, 2.45) is 0 Å². The molecule has 0 amide bonds. The van der Waals surface area contributed by atoms with Crippen molar-refractivity contribution >= 4 is 12.2 Å². The second-order valence-corrected chi connectivity index (χ2v) is 4.43. The Morgan fingerprint density at radius 3 is 2.73 bits per heavy atom. The Balaban J connectivity index is 2.06. The van der Waals surface area contributed by atoms with Crippen molar-refractivity contribution in [1.29, 1.82) is 0 Å². The van der Waals surface area contributed by atoms with E-state index in [1.165, 1.54) is 5.56 Å². The van der Waals surface area contributed by atoms with E-state index in [0.29, 0.717) is 0 Å². The number of H-pyrrole nitrogens is 1. The third kappa shape index (κ3) is 2.87. The highest BCUT2D eigenvalue weighted by Crippen LogP contribution is 2.07. The predicted molar refractivity (Wildman–Crippen MR) is 64.5 cm³/mol. The summed E-state index contributed by atoms with van der Waals surface area (Å²) < 4.78 is 0.883. The van der Waals surface area contributed by atoms with Crippen molar-refractivity contribution in [3.63, 3.8) is 0 Å². The first kappa shape index (κ1) is 10.8. The number of nitrogens with one attached hydrogen (secondary N) is 2. The molecule has 0 spiro atoms. The van der Waals surface area contributed by atoms with Crippen LogP contribution in [0.4, 0.5) is 0 Å². The van der Waals surface area contributed by atoms with Crippen molar-refractivity contribution in [3.05, 3.63) is 28.0 Å². The summed E-state index contributed by atoms with van der Waals surface area (Å²) >= 11 is 5.31. The number of rotatable bonds is 2. The lowest BCUT2D eigenvalue weighted by molar-refractivity contribution is 0.232. The van der Waals surface area contributed by atoms with Gasteiger partial charge in [0, 0.05) is 44.0 Å². The Hall–Kier alpha value is -0.710. The number of aryl methyl sites for hydroxylation is 1. The highest BCUT2D eigenvalue weighted by molar-refractivity contribution is 7.71. The minimum Gasteiger partial charge on any atom is -0.350 e. The van der Waals surface area contributed by atoms with Gasteiger partial charge < -0.3 is 10.3 Å². The van der Waals surface area contributed by atoms with Gasteiger partial charge in [-0.05, 0) is 13.0 Å². The maximum Gasteiger partial charge on any atom is 0.107 e. The number of nitrogens with zero attached hydrogens (tertiary/aromatic N) is 1. The fourth-order valence-electron chi connectivity index (χ4n) is 1.84. The molecule has 2 rings (SSSR count). The summed E-state index contributed by atoms with van der Waals surface area (Å²) in [6, 6.07) is 4.23. The first-order valence-corrected chi connectivity index (χ1v) is 5.78. The SMILES string of the molecule is Cc1ccc(CN2CCNCC2)c(=S)[nH]1. The van der Waals surface area contributed by atoms with Gasteiger partial charge >= 0.3 is 0 Å². The molecule has 1 aliphatic heterocycles. The molecule has 15 heavy (non-hydrogen) atoms. The third-order valence-corrected chi connectivity index (χ3v) is 3.10. The molecule has 4 heteroatoms. The molecule has 3 nitrogen and oxygen atoms in total. The maximum atomic E-state index is 5.31. The second kappa shape index (κ2) is 4.88. The number of pyridine rings is 1. The molecule has 0 unspecified atom stereocenters. The Kier molecular flexibility index (Phi) is 3.51. The fourth-order valence-corrected chi connectivity index (χ4v) is 2.13. The molecule has 1 aromatic rings. The molecule has 0 aliphatic carbocycles. The Morgan fingerprint density at radius 1 is 1.33 bits per heavy atom. The molecule has 0 bridgehead atoms. The van der Waals surface area contributed by atoms with Crippen LogP contribution < -0.4 is 5.32 Å². The van der Waals surface area contributed by atoms with Gasteiger partial charge in [-0.2, -0.15) is 0 Å². The largest absolute Gasteiger partial charge is 0.350 e. The molecule has 1 saturated heterocycles. The zero-order chi connectivity index (χ0) is 10.7. The molecule has 0 aromatic carbocycles. The van der Waals surface area contributed by atoms with Gasteiger partial charge in [0.15, 0.2) is 0 Å². The summed E-state index contributed by atoms with van der Waals surface area (Å²) in [6.45, 7) is 7.40. The highest BCUT2D eigenvalue weighted by atomic mass is 32.1. The van der Waals surface area contributed by atoms with E-state index in [1.54, 1.807) is 0 Å². The van der Waals surface area contributed by atoms with Crippen LogP contribution in [0.25, 0.3) is 0 Å². The summed E-state index contributed by atoms with van der Waals surface area (Å²) in [5.74, 6) is 0. The quantitative estimate of drug-likeness (QED) is 0.744. The lowest BCUT2D eigenvalue weighted by atomic mass is 10.2. The van der Waals surface area contributed by atoms with E-state index in [2.05, 4.69) is 27.3 Å². The Labute approximate surface area is 95.5 Å². The topological polar surface area (TPSA) is 31.1 Å². The molecule has 1 aliphatic rings. The van der Waals surface area contributed by atoms with E-state index in [4.69, 9.17) is 12.2 Å². The van der Waals surface area contributed by atoms with Crippen LogP contribution in [0.3, 0.4) is 0 Å². The lowest BCUT2D eigenvalue weighted by Gasteiger charge is -2.27. The Bertz CT molecular complexity index is 380. The third-order valence-electron chi connectivity index (χ3n) is 2.74. The summed E-state index contributed by atoms with van der Waals surface area (Å²) in [4.78, 5) is 5.64. The number of piperazine rings is 1.